The summed E-state index contributed by atoms with van der Waals surface area (Å²) in [4.78, 5) is 0.156. The van der Waals surface area contributed by atoms with Crippen molar-refractivity contribution >= 4 is 28.1 Å². The molecule has 128 valence electrons. The largest absolute Gasteiger partial charge is 0.394 e. The average molecular weight is 355 g/mol. The molecule has 7 heteroatoms. The molecule has 2 aromatic carbocycles. The molecule has 0 aromatic heterocycles. The van der Waals surface area contributed by atoms with Crippen LogP contribution in [0.4, 0.5) is 0 Å². The van der Waals surface area contributed by atoms with Gasteiger partial charge in [0.25, 0.3) is 10.0 Å². The van der Waals surface area contributed by atoms with Crippen molar-refractivity contribution in [1.82, 2.24) is 5.01 Å². The summed E-state index contributed by atoms with van der Waals surface area (Å²) >= 11 is 0. The zero-order valence-electron chi connectivity index (χ0n) is 13.4. The Morgan fingerprint density at radius 1 is 1.08 bits per heavy atom. The molecule has 1 heterocycles. The number of hydrazone groups is 1. The van der Waals surface area contributed by atoms with Crippen LogP contribution in [0.5, 0.6) is 0 Å². The van der Waals surface area contributed by atoms with Crippen molar-refractivity contribution in [2.45, 2.75) is 4.90 Å². The number of hydrogen-bond acceptors (Lipinski definition) is 5. The predicted molar refractivity (Wildman–Crippen MR) is 97.9 cm³/mol. The average Bonchev–Trinajstić information content (AvgIpc) is 2.90. The van der Waals surface area contributed by atoms with E-state index in [9.17, 15) is 13.5 Å². The lowest BCUT2D eigenvalue weighted by molar-refractivity contribution is 0.254. The molecule has 3 rings (SSSR count). The second kappa shape index (κ2) is 7.42. The van der Waals surface area contributed by atoms with Crippen molar-refractivity contribution in [3.63, 3.8) is 0 Å². The molecule has 0 unspecified atom stereocenters. The summed E-state index contributed by atoms with van der Waals surface area (Å²) in [6.07, 6.45) is 5.16. The highest BCUT2D eigenvalue weighted by atomic mass is 32.2. The molecule has 2 aromatic rings. The van der Waals surface area contributed by atoms with Crippen LogP contribution in [0.25, 0.3) is 6.08 Å². The second-order valence-electron chi connectivity index (χ2n) is 5.27. The number of rotatable bonds is 5. The van der Waals surface area contributed by atoms with Crippen LogP contribution in [-0.2, 0) is 10.0 Å². The van der Waals surface area contributed by atoms with Gasteiger partial charge in [0.1, 0.15) is 4.90 Å². The first-order valence-corrected chi connectivity index (χ1v) is 9.14. The predicted octanol–water partition coefficient (Wildman–Crippen LogP) is 2.13. The Balaban J connectivity index is 1.85. The molecule has 1 aliphatic heterocycles. The van der Waals surface area contributed by atoms with E-state index in [0.29, 0.717) is 5.56 Å². The Morgan fingerprint density at radius 3 is 2.56 bits per heavy atom. The molecule has 0 saturated heterocycles. The Morgan fingerprint density at radius 2 is 1.80 bits per heavy atom. The lowest BCUT2D eigenvalue weighted by Gasteiger charge is -2.17. The fourth-order valence-electron chi connectivity index (χ4n) is 2.42. The monoisotopic (exact) mass is 355 g/mol. The van der Waals surface area contributed by atoms with Gasteiger partial charge in [-0.2, -0.15) is 13.5 Å². The van der Waals surface area contributed by atoms with Crippen LogP contribution in [0.2, 0.25) is 0 Å². The Kier molecular flexibility index (Phi) is 5.06. The van der Waals surface area contributed by atoms with Gasteiger partial charge in [-0.15, -0.1) is 4.40 Å². The van der Waals surface area contributed by atoms with E-state index in [1.807, 2.05) is 36.4 Å². The maximum atomic E-state index is 12.1. The van der Waals surface area contributed by atoms with Crippen LogP contribution in [0.15, 0.2) is 75.1 Å². The van der Waals surface area contributed by atoms with Crippen LogP contribution in [0.3, 0.4) is 0 Å². The first-order valence-electron chi connectivity index (χ1n) is 7.70. The summed E-state index contributed by atoms with van der Waals surface area (Å²) in [6, 6.07) is 16.3. The van der Waals surface area contributed by atoms with Gasteiger partial charge >= 0.3 is 0 Å². The Hall–Kier alpha value is -2.77. The van der Waals surface area contributed by atoms with E-state index in [0.717, 1.165) is 5.56 Å². The van der Waals surface area contributed by atoms with E-state index in [1.54, 1.807) is 30.5 Å². The maximum absolute atomic E-state index is 12.1. The molecule has 0 amide bonds. The molecule has 0 radical (unpaired) electrons. The van der Waals surface area contributed by atoms with E-state index in [-0.39, 0.29) is 23.9 Å². The molecule has 0 spiro atoms. The lowest BCUT2D eigenvalue weighted by Crippen LogP contribution is -2.28. The first-order chi connectivity index (χ1) is 12.1. The zero-order chi connectivity index (χ0) is 17.7. The van der Waals surface area contributed by atoms with Crippen molar-refractivity contribution in [3.05, 3.63) is 71.8 Å². The summed E-state index contributed by atoms with van der Waals surface area (Å²) in [5.41, 5.74) is 1.51. The summed E-state index contributed by atoms with van der Waals surface area (Å²) in [5, 5.41) is 14.9. The van der Waals surface area contributed by atoms with E-state index in [2.05, 4.69) is 9.50 Å². The number of fused-ring (bicyclic) bond motifs is 1. The summed E-state index contributed by atoms with van der Waals surface area (Å²) < 4.78 is 28.1. The van der Waals surface area contributed by atoms with Gasteiger partial charge in [0.05, 0.1) is 13.2 Å². The van der Waals surface area contributed by atoms with Crippen molar-refractivity contribution in [3.8, 4) is 0 Å². The molecule has 0 bridgehead atoms. The highest BCUT2D eigenvalue weighted by Gasteiger charge is 2.31. The molecule has 0 atom stereocenters. The van der Waals surface area contributed by atoms with Crippen LogP contribution >= 0.6 is 0 Å². The molecule has 1 aliphatic rings. The van der Waals surface area contributed by atoms with E-state index < -0.39 is 10.0 Å². The van der Waals surface area contributed by atoms with Gasteiger partial charge in [-0.3, -0.25) is 0 Å². The van der Waals surface area contributed by atoms with Crippen molar-refractivity contribution < 1.29 is 13.5 Å². The Bertz CT molecular complexity index is 935. The third-order valence-corrected chi connectivity index (χ3v) is 4.87. The number of benzene rings is 2. The molecule has 25 heavy (non-hydrogen) atoms. The number of sulfonamides is 1. The van der Waals surface area contributed by atoms with Gasteiger partial charge in [-0.25, -0.2) is 5.01 Å². The van der Waals surface area contributed by atoms with E-state index in [1.165, 1.54) is 11.1 Å². The fraction of sp³-hybridized carbons (Fsp3) is 0.111. The molecule has 1 N–H and O–H groups in total. The number of amidine groups is 1. The molecule has 6 nitrogen and oxygen atoms in total. The lowest BCUT2D eigenvalue weighted by atomic mass is 10.2. The van der Waals surface area contributed by atoms with Crippen molar-refractivity contribution in [2.75, 3.05) is 13.2 Å². The van der Waals surface area contributed by atoms with E-state index in [4.69, 9.17) is 0 Å². The maximum Gasteiger partial charge on any atom is 0.285 e. The van der Waals surface area contributed by atoms with Gasteiger partial charge in [-0.1, -0.05) is 48.5 Å². The SMILES string of the molecule is O=S1(=O)N=C(N(CCO)/N=C/C=C/c2ccccc2)c2ccccc21. The smallest absolute Gasteiger partial charge is 0.285 e. The normalized spacial score (nSPS) is 15.5. The van der Waals surface area contributed by atoms with Crippen LogP contribution in [0.1, 0.15) is 11.1 Å². The van der Waals surface area contributed by atoms with E-state index >= 15 is 0 Å². The number of aliphatic hydroxyl groups is 1. The highest BCUT2D eigenvalue weighted by Crippen LogP contribution is 2.27. The van der Waals surface area contributed by atoms with Crippen LogP contribution in [0, 0.1) is 0 Å². The standard InChI is InChI=1S/C18H17N3O3S/c22-14-13-21(19-12-6-9-15-7-2-1-3-8-15)18-16-10-4-5-11-17(16)25(23,24)20-18/h1-12,22H,13-14H2/b9-6+,19-12+. The fourth-order valence-corrected chi connectivity index (χ4v) is 3.63. The second-order valence-corrected chi connectivity index (χ2v) is 6.84. The minimum atomic E-state index is -3.72. The summed E-state index contributed by atoms with van der Waals surface area (Å²) in [5.74, 6) is 0.217. The molecule has 0 saturated carbocycles. The van der Waals surface area contributed by atoms with Crippen molar-refractivity contribution in [1.29, 1.82) is 0 Å². The molecule has 0 aliphatic carbocycles. The summed E-state index contributed by atoms with van der Waals surface area (Å²) in [6.45, 7) is -0.0423. The third kappa shape index (κ3) is 3.84. The minimum absolute atomic E-state index is 0.137. The molecular weight excluding hydrogens is 338 g/mol. The van der Waals surface area contributed by atoms with Gasteiger partial charge in [-0.05, 0) is 23.8 Å². The number of aliphatic hydroxyl groups excluding tert-OH is 1. The molecule has 0 fully saturated rings. The first kappa shape index (κ1) is 17.1. The Labute approximate surface area is 146 Å². The van der Waals surface area contributed by atoms with Gasteiger partial charge in [0.15, 0.2) is 5.84 Å². The van der Waals surface area contributed by atoms with Crippen molar-refractivity contribution in [2.24, 2.45) is 9.50 Å². The quantitative estimate of drug-likeness (QED) is 0.658. The van der Waals surface area contributed by atoms with Crippen LogP contribution < -0.4 is 0 Å². The number of allylic oxidation sites excluding steroid dienone is 1. The number of nitrogens with zero attached hydrogens (tertiary/aromatic N) is 3. The zero-order valence-corrected chi connectivity index (χ0v) is 14.2. The highest BCUT2D eigenvalue weighted by molar-refractivity contribution is 7.90. The number of hydrogen-bond donors (Lipinski definition) is 1. The topological polar surface area (TPSA) is 82.3 Å². The minimum Gasteiger partial charge on any atom is -0.394 e. The van der Waals surface area contributed by atoms with Gasteiger partial charge in [0.2, 0.25) is 0 Å². The third-order valence-electron chi connectivity index (χ3n) is 3.55. The molecular formula is C18H17N3O3S. The van der Waals surface area contributed by atoms with Gasteiger partial charge < -0.3 is 5.11 Å². The summed E-state index contributed by atoms with van der Waals surface area (Å²) in [7, 11) is -3.72. The van der Waals surface area contributed by atoms with Crippen LogP contribution in [-0.4, -0.2) is 43.7 Å². The van der Waals surface area contributed by atoms with Gasteiger partial charge in [0, 0.05) is 11.8 Å².